The van der Waals surface area contributed by atoms with Gasteiger partial charge in [0.15, 0.2) is 0 Å². The first-order valence-corrected chi connectivity index (χ1v) is 8.84. The normalized spacial score (nSPS) is 10.7. The number of aromatic nitrogens is 2. The van der Waals surface area contributed by atoms with Crippen molar-refractivity contribution in [1.29, 1.82) is 5.26 Å². The Bertz CT molecular complexity index is 1260. The summed E-state index contributed by atoms with van der Waals surface area (Å²) in [5.74, 6) is 0. The number of para-hydroxylation sites is 1. The molecular weight excluding hydrogens is 346 g/mol. The zero-order valence-electron chi connectivity index (χ0n) is 13.6. The van der Waals surface area contributed by atoms with Gasteiger partial charge in [0.2, 0.25) is 0 Å². The van der Waals surface area contributed by atoms with E-state index in [1.54, 1.807) is 53.1 Å². The Morgan fingerprint density at radius 3 is 2.58 bits per heavy atom. The summed E-state index contributed by atoms with van der Waals surface area (Å²) in [5.41, 5.74) is 1.81. The van der Waals surface area contributed by atoms with E-state index in [9.17, 15) is 9.59 Å². The Kier molecular flexibility index (Phi) is 3.99. The van der Waals surface area contributed by atoms with E-state index in [1.165, 1.54) is 15.9 Å². The number of hydrogen-bond donors (Lipinski definition) is 0. The van der Waals surface area contributed by atoms with Gasteiger partial charge >= 0.3 is 5.69 Å². The fourth-order valence-corrected chi connectivity index (χ4v) is 3.79. The van der Waals surface area contributed by atoms with Gasteiger partial charge in [-0.1, -0.05) is 30.3 Å². The van der Waals surface area contributed by atoms with Gasteiger partial charge in [0.1, 0.15) is 4.70 Å². The molecule has 2 aromatic carbocycles. The van der Waals surface area contributed by atoms with Crippen LogP contribution in [0.2, 0.25) is 0 Å². The summed E-state index contributed by atoms with van der Waals surface area (Å²) in [6.07, 6.45) is 0. The van der Waals surface area contributed by atoms with Crippen molar-refractivity contribution in [2.45, 2.75) is 6.54 Å². The minimum absolute atomic E-state index is 0.286. The molecule has 0 amide bonds. The molecule has 0 spiro atoms. The summed E-state index contributed by atoms with van der Waals surface area (Å²) in [6, 6.07) is 19.9. The van der Waals surface area contributed by atoms with Gasteiger partial charge in [0.25, 0.3) is 5.56 Å². The lowest BCUT2D eigenvalue weighted by Crippen LogP contribution is -2.38. The van der Waals surface area contributed by atoms with Crippen LogP contribution in [0.1, 0.15) is 11.1 Å². The maximum absolute atomic E-state index is 13.1. The van der Waals surface area contributed by atoms with E-state index >= 15 is 0 Å². The molecular formula is C20H13N3O2S. The Morgan fingerprint density at radius 2 is 1.81 bits per heavy atom. The molecule has 2 heterocycles. The van der Waals surface area contributed by atoms with Gasteiger partial charge in [-0.15, -0.1) is 11.3 Å². The fraction of sp³-hybridized carbons (Fsp3) is 0.0500. The van der Waals surface area contributed by atoms with E-state index in [4.69, 9.17) is 5.26 Å². The van der Waals surface area contributed by atoms with Crippen LogP contribution >= 0.6 is 11.3 Å². The highest BCUT2D eigenvalue weighted by molar-refractivity contribution is 7.17. The van der Waals surface area contributed by atoms with Gasteiger partial charge in [0.05, 0.1) is 29.4 Å². The SMILES string of the molecule is N#Cc1cccc(Cn2c(=O)n(-c3ccccc3)c(=O)c3sccc32)c1. The third kappa shape index (κ3) is 2.65. The molecule has 5 nitrogen and oxygen atoms in total. The van der Waals surface area contributed by atoms with Crippen LogP contribution in [0.3, 0.4) is 0 Å². The van der Waals surface area contributed by atoms with Crippen molar-refractivity contribution >= 4 is 21.6 Å². The Labute approximate surface area is 152 Å². The lowest BCUT2D eigenvalue weighted by atomic mass is 10.1. The van der Waals surface area contributed by atoms with Crippen molar-refractivity contribution in [2.24, 2.45) is 0 Å². The molecule has 126 valence electrons. The van der Waals surface area contributed by atoms with Crippen molar-refractivity contribution in [2.75, 3.05) is 0 Å². The van der Waals surface area contributed by atoms with Gasteiger partial charge in [-0.2, -0.15) is 5.26 Å². The highest BCUT2D eigenvalue weighted by Gasteiger charge is 2.15. The molecule has 0 aliphatic rings. The maximum atomic E-state index is 13.1. The molecule has 0 N–H and O–H groups in total. The molecule has 0 fully saturated rings. The number of benzene rings is 2. The summed E-state index contributed by atoms with van der Waals surface area (Å²) >= 11 is 1.32. The zero-order chi connectivity index (χ0) is 18.1. The minimum atomic E-state index is -0.394. The minimum Gasteiger partial charge on any atom is -0.288 e. The molecule has 0 bridgehead atoms. The number of rotatable bonds is 3. The summed E-state index contributed by atoms with van der Waals surface area (Å²) in [4.78, 5) is 26.0. The van der Waals surface area contributed by atoms with Crippen LogP contribution in [0.25, 0.3) is 15.9 Å². The largest absolute Gasteiger partial charge is 0.336 e. The summed E-state index contributed by atoms with van der Waals surface area (Å²) < 4.78 is 3.31. The monoisotopic (exact) mass is 359 g/mol. The van der Waals surface area contributed by atoms with E-state index < -0.39 is 5.69 Å². The van der Waals surface area contributed by atoms with Gasteiger partial charge in [-0.05, 0) is 41.3 Å². The van der Waals surface area contributed by atoms with Crippen LogP contribution in [0.15, 0.2) is 75.6 Å². The second-order valence-electron chi connectivity index (χ2n) is 5.79. The van der Waals surface area contributed by atoms with Crippen molar-refractivity contribution in [1.82, 2.24) is 9.13 Å². The van der Waals surface area contributed by atoms with E-state index in [0.717, 1.165) is 5.56 Å². The Balaban J connectivity index is 1.98. The summed E-state index contributed by atoms with van der Waals surface area (Å²) in [5, 5.41) is 10.9. The van der Waals surface area contributed by atoms with Crippen molar-refractivity contribution in [3.8, 4) is 11.8 Å². The first-order chi connectivity index (χ1) is 12.7. The number of nitrogens with zero attached hydrogens (tertiary/aromatic N) is 3. The summed E-state index contributed by atoms with van der Waals surface area (Å²) in [7, 11) is 0. The molecule has 4 rings (SSSR count). The topological polar surface area (TPSA) is 67.8 Å². The van der Waals surface area contributed by atoms with Crippen LogP contribution < -0.4 is 11.2 Å². The van der Waals surface area contributed by atoms with E-state index in [1.807, 2.05) is 17.5 Å². The number of hydrogen-bond acceptors (Lipinski definition) is 4. The zero-order valence-corrected chi connectivity index (χ0v) is 14.4. The highest BCUT2D eigenvalue weighted by Crippen LogP contribution is 2.18. The molecule has 4 aromatic rings. The average Bonchev–Trinajstić information content (AvgIpc) is 3.16. The van der Waals surface area contributed by atoms with Gasteiger partial charge in [-0.3, -0.25) is 9.36 Å². The van der Waals surface area contributed by atoms with Crippen molar-refractivity contribution in [3.63, 3.8) is 0 Å². The number of fused-ring (bicyclic) bond motifs is 1. The van der Waals surface area contributed by atoms with Crippen LogP contribution in [0.5, 0.6) is 0 Å². The first-order valence-electron chi connectivity index (χ1n) is 7.96. The van der Waals surface area contributed by atoms with Crippen LogP contribution in [-0.2, 0) is 6.54 Å². The standard InChI is InChI=1S/C20H13N3O2S/c21-12-14-5-4-6-15(11-14)13-22-17-9-10-26-18(17)19(24)23(20(22)25)16-7-2-1-3-8-16/h1-11H,13H2. The maximum Gasteiger partial charge on any atom is 0.336 e. The molecule has 26 heavy (non-hydrogen) atoms. The third-order valence-electron chi connectivity index (χ3n) is 4.17. The molecule has 0 aliphatic heterocycles. The van der Waals surface area contributed by atoms with Crippen molar-refractivity contribution in [3.05, 3.63) is 98.0 Å². The first kappa shape index (κ1) is 16.1. The highest BCUT2D eigenvalue weighted by atomic mass is 32.1. The molecule has 0 saturated carbocycles. The van der Waals surface area contributed by atoms with E-state index in [2.05, 4.69) is 6.07 Å². The molecule has 0 saturated heterocycles. The second kappa shape index (κ2) is 6.47. The van der Waals surface area contributed by atoms with Gasteiger partial charge < -0.3 is 0 Å². The van der Waals surface area contributed by atoms with Crippen LogP contribution in [0, 0.1) is 11.3 Å². The summed E-state index contributed by atoms with van der Waals surface area (Å²) in [6.45, 7) is 0.286. The third-order valence-corrected chi connectivity index (χ3v) is 5.06. The Hall–Kier alpha value is -3.43. The molecule has 6 heteroatoms. The molecule has 0 radical (unpaired) electrons. The fourth-order valence-electron chi connectivity index (χ4n) is 2.97. The lowest BCUT2D eigenvalue weighted by molar-refractivity contribution is 0.716. The Morgan fingerprint density at radius 1 is 1.00 bits per heavy atom. The van der Waals surface area contributed by atoms with Crippen LogP contribution in [-0.4, -0.2) is 9.13 Å². The molecule has 0 unspecified atom stereocenters. The molecule has 2 aromatic heterocycles. The smallest absolute Gasteiger partial charge is 0.288 e. The van der Waals surface area contributed by atoms with Gasteiger partial charge in [0, 0.05) is 0 Å². The van der Waals surface area contributed by atoms with E-state index in [0.29, 0.717) is 21.5 Å². The number of thiophene rings is 1. The van der Waals surface area contributed by atoms with Crippen molar-refractivity contribution < 1.29 is 0 Å². The molecule has 0 atom stereocenters. The molecule has 0 aliphatic carbocycles. The number of nitriles is 1. The quantitative estimate of drug-likeness (QED) is 0.564. The second-order valence-corrected chi connectivity index (χ2v) is 6.71. The predicted molar refractivity (Wildman–Crippen MR) is 102 cm³/mol. The predicted octanol–water partition coefficient (Wildman–Crippen LogP) is 3.13. The van der Waals surface area contributed by atoms with Crippen LogP contribution in [0.4, 0.5) is 0 Å². The van der Waals surface area contributed by atoms with Gasteiger partial charge in [-0.25, -0.2) is 9.36 Å². The average molecular weight is 359 g/mol. The van der Waals surface area contributed by atoms with E-state index in [-0.39, 0.29) is 12.1 Å². The lowest BCUT2D eigenvalue weighted by Gasteiger charge is -2.12.